The van der Waals surface area contributed by atoms with Gasteiger partial charge in [-0.15, -0.1) is 0 Å². The molecule has 2 N–H and O–H groups in total. The molecule has 0 amide bonds. The Balaban J connectivity index is 3.02. The molecule has 2 nitrogen and oxygen atoms in total. The van der Waals surface area contributed by atoms with E-state index in [9.17, 15) is 5.11 Å². The van der Waals surface area contributed by atoms with Crippen LogP contribution in [0.1, 0.15) is 24.2 Å². The van der Waals surface area contributed by atoms with Crippen LogP contribution in [0.5, 0.6) is 0 Å². The number of aliphatic hydroxyl groups excluding tert-OH is 2. The molecule has 2 heteroatoms. The third-order valence-corrected chi connectivity index (χ3v) is 1.68. The molecule has 0 spiro atoms. The molecule has 0 heterocycles. The molecule has 1 unspecified atom stereocenters. The van der Waals surface area contributed by atoms with Crippen LogP contribution < -0.4 is 0 Å². The number of aliphatic hydroxyl groups is 2. The van der Waals surface area contributed by atoms with Crippen LogP contribution in [0.2, 0.25) is 0 Å². The minimum absolute atomic E-state index is 0.0128. The van der Waals surface area contributed by atoms with Gasteiger partial charge < -0.3 is 10.2 Å². The lowest BCUT2D eigenvalue weighted by molar-refractivity contribution is 0.193. The molecule has 0 aliphatic rings. The Hall–Kier alpha value is -0.860. The molecule has 0 aliphatic heterocycles. The summed E-state index contributed by atoms with van der Waals surface area (Å²) in [6.07, 6.45) is -0.502. The van der Waals surface area contributed by atoms with E-state index in [1.165, 1.54) is 0 Å². The van der Waals surface area contributed by atoms with Crippen LogP contribution in [0, 0.1) is 0 Å². The van der Waals surface area contributed by atoms with Gasteiger partial charge in [-0.1, -0.05) is 24.3 Å². The zero-order chi connectivity index (χ0) is 8.27. The molecule has 1 rings (SSSR count). The van der Waals surface area contributed by atoms with Gasteiger partial charge in [-0.25, -0.2) is 0 Å². The first-order valence-electron chi connectivity index (χ1n) is 3.62. The Morgan fingerprint density at radius 1 is 1.36 bits per heavy atom. The minimum Gasteiger partial charge on any atom is -0.392 e. The topological polar surface area (TPSA) is 40.5 Å². The number of hydrogen-bond donors (Lipinski definition) is 2. The van der Waals surface area contributed by atoms with Crippen molar-refractivity contribution in [1.82, 2.24) is 0 Å². The second kappa shape index (κ2) is 3.51. The molecule has 1 aromatic carbocycles. The van der Waals surface area contributed by atoms with E-state index in [4.69, 9.17) is 5.11 Å². The van der Waals surface area contributed by atoms with E-state index in [0.29, 0.717) is 0 Å². The largest absolute Gasteiger partial charge is 0.392 e. The molecule has 11 heavy (non-hydrogen) atoms. The molecule has 0 saturated heterocycles. The fourth-order valence-corrected chi connectivity index (χ4v) is 1.09. The minimum atomic E-state index is -0.502. The predicted octanol–water partition coefficient (Wildman–Crippen LogP) is 1.23. The van der Waals surface area contributed by atoms with Crippen molar-refractivity contribution >= 4 is 0 Å². The first-order valence-corrected chi connectivity index (χ1v) is 3.62. The summed E-state index contributed by atoms with van der Waals surface area (Å²) in [5.41, 5.74) is 1.59. The highest BCUT2D eigenvalue weighted by Crippen LogP contribution is 2.16. The lowest BCUT2D eigenvalue weighted by Gasteiger charge is -2.08. The summed E-state index contributed by atoms with van der Waals surface area (Å²) in [4.78, 5) is 0. The second-order valence-electron chi connectivity index (χ2n) is 2.53. The third kappa shape index (κ3) is 1.79. The molecular weight excluding hydrogens is 140 g/mol. The average Bonchev–Trinajstić information content (AvgIpc) is 2.04. The Kier molecular flexibility index (Phi) is 2.63. The molecule has 0 radical (unpaired) electrons. The van der Waals surface area contributed by atoms with Gasteiger partial charge in [-0.3, -0.25) is 0 Å². The van der Waals surface area contributed by atoms with Crippen LogP contribution in [-0.4, -0.2) is 10.2 Å². The van der Waals surface area contributed by atoms with Crippen molar-refractivity contribution < 1.29 is 10.2 Å². The summed E-state index contributed by atoms with van der Waals surface area (Å²) in [6, 6.07) is 7.32. The zero-order valence-electron chi connectivity index (χ0n) is 6.49. The van der Waals surface area contributed by atoms with E-state index < -0.39 is 6.10 Å². The van der Waals surface area contributed by atoms with Crippen LogP contribution in [-0.2, 0) is 6.61 Å². The molecule has 0 fully saturated rings. The predicted molar refractivity (Wildman–Crippen MR) is 43.0 cm³/mol. The van der Waals surface area contributed by atoms with Crippen LogP contribution in [0.3, 0.4) is 0 Å². The van der Waals surface area contributed by atoms with E-state index >= 15 is 0 Å². The van der Waals surface area contributed by atoms with Gasteiger partial charge in [0.1, 0.15) is 0 Å². The number of hydrogen-bond acceptors (Lipinski definition) is 2. The SMILES string of the molecule is CC(O)c1ccccc1CO. The standard InChI is InChI=1S/C9H12O2/c1-7(11)9-5-3-2-4-8(9)6-10/h2-5,7,10-11H,6H2,1H3. The first-order chi connectivity index (χ1) is 5.25. The van der Waals surface area contributed by atoms with Gasteiger partial charge in [0.15, 0.2) is 0 Å². The maximum Gasteiger partial charge on any atom is 0.0765 e. The van der Waals surface area contributed by atoms with Crippen molar-refractivity contribution in [2.45, 2.75) is 19.6 Å². The smallest absolute Gasteiger partial charge is 0.0765 e. The molecule has 1 atom stereocenters. The van der Waals surface area contributed by atoms with Crippen molar-refractivity contribution in [3.63, 3.8) is 0 Å². The highest BCUT2D eigenvalue weighted by atomic mass is 16.3. The molecule has 60 valence electrons. The fourth-order valence-electron chi connectivity index (χ4n) is 1.09. The molecular formula is C9H12O2. The van der Waals surface area contributed by atoms with Gasteiger partial charge in [0, 0.05) is 0 Å². The first kappa shape index (κ1) is 8.24. The highest BCUT2D eigenvalue weighted by molar-refractivity contribution is 5.27. The van der Waals surface area contributed by atoms with Gasteiger partial charge in [0.25, 0.3) is 0 Å². The Labute approximate surface area is 66.1 Å². The molecule has 0 bridgehead atoms. The molecule has 1 aromatic rings. The van der Waals surface area contributed by atoms with Crippen molar-refractivity contribution in [3.8, 4) is 0 Å². The van der Waals surface area contributed by atoms with Crippen molar-refractivity contribution in [2.75, 3.05) is 0 Å². The quantitative estimate of drug-likeness (QED) is 0.669. The van der Waals surface area contributed by atoms with E-state index in [1.807, 2.05) is 24.3 Å². The lowest BCUT2D eigenvalue weighted by Crippen LogP contribution is -1.97. The summed E-state index contributed by atoms with van der Waals surface area (Å²) in [6.45, 7) is 1.68. The van der Waals surface area contributed by atoms with E-state index in [1.54, 1.807) is 6.92 Å². The number of rotatable bonds is 2. The maximum atomic E-state index is 9.22. The Morgan fingerprint density at radius 2 is 2.00 bits per heavy atom. The highest BCUT2D eigenvalue weighted by Gasteiger charge is 2.04. The monoisotopic (exact) mass is 152 g/mol. The van der Waals surface area contributed by atoms with Crippen LogP contribution in [0.15, 0.2) is 24.3 Å². The van der Waals surface area contributed by atoms with Crippen molar-refractivity contribution in [3.05, 3.63) is 35.4 Å². The molecule has 0 aliphatic carbocycles. The lowest BCUT2D eigenvalue weighted by atomic mass is 10.0. The van der Waals surface area contributed by atoms with Gasteiger partial charge in [0.2, 0.25) is 0 Å². The summed E-state index contributed by atoms with van der Waals surface area (Å²) in [5, 5.41) is 18.1. The van der Waals surface area contributed by atoms with Crippen LogP contribution in [0.4, 0.5) is 0 Å². The molecule has 0 aromatic heterocycles. The second-order valence-corrected chi connectivity index (χ2v) is 2.53. The fraction of sp³-hybridized carbons (Fsp3) is 0.333. The van der Waals surface area contributed by atoms with Gasteiger partial charge >= 0.3 is 0 Å². The van der Waals surface area contributed by atoms with E-state index in [2.05, 4.69) is 0 Å². The van der Waals surface area contributed by atoms with Crippen molar-refractivity contribution in [2.24, 2.45) is 0 Å². The Morgan fingerprint density at radius 3 is 2.45 bits per heavy atom. The Bertz CT molecular complexity index is 231. The summed E-state index contributed by atoms with van der Waals surface area (Å²) in [5.74, 6) is 0. The van der Waals surface area contributed by atoms with Crippen LogP contribution in [0.25, 0.3) is 0 Å². The van der Waals surface area contributed by atoms with Crippen molar-refractivity contribution in [1.29, 1.82) is 0 Å². The van der Waals surface area contributed by atoms with Gasteiger partial charge in [0.05, 0.1) is 12.7 Å². The summed E-state index contributed by atoms with van der Waals surface area (Å²) >= 11 is 0. The summed E-state index contributed by atoms with van der Waals surface area (Å²) < 4.78 is 0. The van der Waals surface area contributed by atoms with E-state index in [0.717, 1.165) is 11.1 Å². The normalized spacial score (nSPS) is 13.0. The number of benzene rings is 1. The molecule has 0 saturated carbocycles. The van der Waals surface area contributed by atoms with E-state index in [-0.39, 0.29) is 6.61 Å². The average molecular weight is 152 g/mol. The summed E-state index contributed by atoms with van der Waals surface area (Å²) in [7, 11) is 0. The third-order valence-electron chi connectivity index (χ3n) is 1.68. The maximum absolute atomic E-state index is 9.22. The zero-order valence-corrected chi connectivity index (χ0v) is 6.49. The van der Waals surface area contributed by atoms with Gasteiger partial charge in [-0.2, -0.15) is 0 Å². The van der Waals surface area contributed by atoms with Crippen LogP contribution >= 0.6 is 0 Å². The van der Waals surface area contributed by atoms with Gasteiger partial charge in [-0.05, 0) is 18.1 Å².